The Morgan fingerprint density at radius 1 is 1.12 bits per heavy atom. The molecular formula is C26H26N2O5. The molecule has 1 unspecified atom stereocenters. The smallest absolute Gasteiger partial charge is 0.407 e. The number of rotatable bonds is 6. The van der Waals surface area contributed by atoms with Crippen LogP contribution in [0.25, 0.3) is 11.1 Å². The number of hydrogen-bond donors (Lipinski definition) is 2. The van der Waals surface area contributed by atoms with Gasteiger partial charge in [0.25, 0.3) is 0 Å². The minimum absolute atomic E-state index is 0.00829. The van der Waals surface area contributed by atoms with Crippen molar-refractivity contribution >= 4 is 18.0 Å². The third kappa shape index (κ3) is 4.42. The Bertz CT molecular complexity index is 1080. The van der Waals surface area contributed by atoms with Gasteiger partial charge in [0.15, 0.2) is 0 Å². The summed E-state index contributed by atoms with van der Waals surface area (Å²) in [5.74, 6) is 0.186. The highest BCUT2D eigenvalue weighted by Crippen LogP contribution is 2.44. The number of carboxylic acids is 1. The summed E-state index contributed by atoms with van der Waals surface area (Å²) >= 11 is 0. The predicted octanol–water partition coefficient (Wildman–Crippen LogP) is 3.10. The maximum absolute atomic E-state index is 12.9. The van der Waals surface area contributed by atoms with E-state index in [0.717, 1.165) is 22.3 Å². The number of carbonyl (C=O) groups is 3. The Labute approximate surface area is 192 Å². The van der Waals surface area contributed by atoms with Gasteiger partial charge in [0, 0.05) is 25.4 Å². The molecule has 7 heteroatoms. The van der Waals surface area contributed by atoms with Crippen LogP contribution in [0.2, 0.25) is 0 Å². The van der Waals surface area contributed by atoms with Crippen LogP contribution in [-0.4, -0.2) is 53.7 Å². The van der Waals surface area contributed by atoms with Gasteiger partial charge in [-0.15, -0.1) is 12.3 Å². The lowest BCUT2D eigenvalue weighted by molar-refractivity contribution is -0.142. The maximum Gasteiger partial charge on any atom is 0.407 e. The summed E-state index contributed by atoms with van der Waals surface area (Å²) in [6.45, 7) is 2.33. The van der Waals surface area contributed by atoms with Crippen molar-refractivity contribution < 1.29 is 24.2 Å². The molecule has 0 bridgehead atoms. The number of aliphatic carboxylic acids is 1. The molecule has 4 rings (SSSR count). The Morgan fingerprint density at radius 3 is 2.27 bits per heavy atom. The third-order valence-corrected chi connectivity index (χ3v) is 6.50. The second-order valence-corrected chi connectivity index (χ2v) is 8.60. The number of nitrogens with zero attached hydrogens (tertiary/aromatic N) is 1. The number of ether oxygens (including phenoxy) is 1. The van der Waals surface area contributed by atoms with E-state index in [0.29, 0.717) is 6.54 Å². The van der Waals surface area contributed by atoms with Crippen LogP contribution in [0.5, 0.6) is 0 Å². The van der Waals surface area contributed by atoms with E-state index in [9.17, 15) is 19.5 Å². The number of amides is 2. The summed E-state index contributed by atoms with van der Waals surface area (Å²) in [5, 5.41) is 11.9. The van der Waals surface area contributed by atoms with Crippen LogP contribution in [0.4, 0.5) is 4.79 Å². The molecule has 170 valence electrons. The van der Waals surface area contributed by atoms with Crippen molar-refractivity contribution in [1.82, 2.24) is 10.2 Å². The number of fused-ring (bicyclic) bond motifs is 3. The summed E-state index contributed by atoms with van der Waals surface area (Å²) < 4.78 is 5.53. The van der Waals surface area contributed by atoms with Gasteiger partial charge in [-0.25, -0.2) is 4.79 Å². The van der Waals surface area contributed by atoms with Crippen molar-refractivity contribution in [2.75, 3.05) is 19.7 Å². The molecule has 0 spiro atoms. The molecule has 33 heavy (non-hydrogen) atoms. The molecule has 0 radical (unpaired) electrons. The average molecular weight is 447 g/mol. The third-order valence-electron chi connectivity index (χ3n) is 6.50. The molecule has 2 aliphatic rings. The van der Waals surface area contributed by atoms with Gasteiger partial charge in [-0.3, -0.25) is 9.59 Å². The summed E-state index contributed by atoms with van der Waals surface area (Å²) in [5.41, 5.74) is 4.43. The summed E-state index contributed by atoms with van der Waals surface area (Å²) in [4.78, 5) is 38.4. The van der Waals surface area contributed by atoms with E-state index in [1.807, 2.05) is 36.4 Å². The average Bonchev–Trinajstić information content (AvgIpc) is 3.35. The number of terminal acetylenes is 1. The number of alkyl carbamates (subject to hydrolysis) is 1. The summed E-state index contributed by atoms with van der Waals surface area (Å²) in [6, 6.07) is 15.1. The first-order valence-corrected chi connectivity index (χ1v) is 11.0. The van der Waals surface area contributed by atoms with E-state index in [4.69, 9.17) is 11.2 Å². The molecule has 2 N–H and O–H groups in total. The Morgan fingerprint density at radius 2 is 1.73 bits per heavy atom. The molecule has 1 aliphatic carbocycles. The molecule has 0 aromatic heterocycles. The van der Waals surface area contributed by atoms with Gasteiger partial charge in [-0.1, -0.05) is 55.5 Å². The van der Waals surface area contributed by atoms with Gasteiger partial charge >= 0.3 is 12.1 Å². The van der Waals surface area contributed by atoms with Gasteiger partial charge < -0.3 is 20.1 Å². The number of carboxylic acid groups (broad SMARTS) is 1. The van der Waals surface area contributed by atoms with E-state index < -0.39 is 29.9 Å². The van der Waals surface area contributed by atoms with Crippen LogP contribution in [-0.2, 0) is 14.3 Å². The van der Waals surface area contributed by atoms with E-state index >= 15 is 0 Å². The van der Waals surface area contributed by atoms with Crippen molar-refractivity contribution in [3.8, 4) is 23.5 Å². The first kappa shape index (κ1) is 22.4. The van der Waals surface area contributed by atoms with Crippen LogP contribution in [0.1, 0.15) is 30.4 Å². The highest BCUT2D eigenvalue weighted by molar-refractivity contribution is 5.87. The Kier molecular flexibility index (Phi) is 6.36. The topological polar surface area (TPSA) is 95.9 Å². The number of likely N-dealkylation sites (tertiary alicyclic amines) is 1. The Balaban J connectivity index is 1.41. The first-order valence-electron chi connectivity index (χ1n) is 11.0. The molecule has 2 aromatic rings. The fraction of sp³-hybridized carbons (Fsp3) is 0.346. The SMILES string of the molecule is C#CCC(NC(=O)OCC1c2ccccc2-c2ccccc21)C(=O)N1C[C@H](C(=O)O)[C@@H](C)C1. The number of nitrogens with one attached hydrogen (secondary N) is 1. The maximum atomic E-state index is 12.9. The van der Waals surface area contributed by atoms with E-state index in [1.54, 1.807) is 6.92 Å². The largest absolute Gasteiger partial charge is 0.481 e. The molecule has 1 fully saturated rings. The lowest BCUT2D eigenvalue weighted by Crippen LogP contribution is -2.48. The van der Waals surface area contributed by atoms with E-state index in [2.05, 4.69) is 23.4 Å². The monoisotopic (exact) mass is 446 g/mol. The number of hydrogen-bond acceptors (Lipinski definition) is 4. The quantitative estimate of drug-likeness (QED) is 0.665. The molecule has 1 saturated heterocycles. The second-order valence-electron chi connectivity index (χ2n) is 8.60. The standard InChI is InChI=1S/C26H26N2O5/c1-3-8-23(24(29)28-13-16(2)21(14-28)25(30)31)27-26(32)33-15-22-19-11-6-4-9-17(19)18-10-5-7-12-20(18)22/h1,4-7,9-12,16,21-23H,8,13-15H2,2H3,(H,27,32)(H,30,31)/t16-,21-,23?/m0/s1. The fourth-order valence-corrected chi connectivity index (χ4v) is 4.79. The fourth-order valence-electron chi connectivity index (χ4n) is 4.79. The minimum Gasteiger partial charge on any atom is -0.481 e. The lowest BCUT2D eigenvalue weighted by atomic mass is 9.98. The van der Waals surface area contributed by atoms with E-state index in [-0.39, 0.29) is 31.4 Å². The van der Waals surface area contributed by atoms with Crippen LogP contribution in [0.15, 0.2) is 48.5 Å². The summed E-state index contributed by atoms with van der Waals surface area (Å²) in [7, 11) is 0. The van der Waals surface area contributed by atoms with Crippen LogP contribution in [0.3, 0.4) is 0 Å². The van der Waals surface area contributed by atoms with E-state index in [1.165, 1.54) is 4.90 Å². The van der Waals surface area contributed by atoms with Crippen molar-refractivity contribution in [2.45, 2.75) is 25.3 Å². The van der Waals surface area contributed by atoms with Gasteiger partial charge in [-0.2, -0.15) is 0 Å². The Hall–Kier alpha value is -3.79. The molecule has 7 nitrogen and oxygen atoms in total. The zero-order chi connectivity index (χ0) is 23.5. The minimum atomic E-state index is -0.967. The first-order chi connectivity index (χ1) is 15.9. The van der Waals surface area contributed by atoms with Gasteiger partial charge in [0.1, 0.15) is 12.6 Å². The zero-order valence-corrected chi connectivity index (χ0v) is 18.4. The lowest BCUT2D eigenvalue weighted by Gasteiger charge is -2.23. The van der Waals surface area contributed by atoms with Crippen LogP contribution >= 0.6 is 0 Å². The highest BCUT2D eigenvalue weighted by Gasteiger charge is 2.39. The molecule has 3 atom stereocenters. The van der Waals surface area contributed by atoms with Crippen molar-refractivity contribution in [3.05, 3.63) is 59.7 Å². The molecule has 1 heterocycles. The molecule has 2 aromatic carbocycles. The van der Waals surface area contributed by atoms with Gasteiger partial charge in [0.2, 0.25) is 5.91 Å². The molecule has 0 saturated carbocycles. The number of carbonyl (C=O) groups excluding carboxylic acids is 2. The van der Waals surface area contributed by atoms with Crippen LogP contribution < -0.4 is 5.32 Å². The molecule has 2 amide bonds. The normalized spacial score (nSPS) is 19.8. The predicted molar refractivity (Wildman–Crippen MR) is 122 cm³/mol. The van der Waals surface area contributed by atoms with Crippen LogP contribution in [0, 0.1) is 24.2 Å². The zero-order valence-electron chi connectivity index (χ0n) is 18.4. The van der Waals surface area contributed by atoms with Crippen molar-refractivity contribution in [1.29, 1.82) is 0 Å². The second kappa shape index (κ2) is 9.37. The van der Waals surface area contributed by atoms with Gasteiger partial charge in [-0.05, 0) is 28.2 Å². The van der Waals surface area contributed by atoms with Gasteiger partial charge in [0.05, 0.1) is 5.92 Å². The number of benzene rings is 2. The molecule has 1 aliphatic heterocycles. The van der Waals surface area contributed by atoms with Crippen molar-refractivity contribution in [3.63, 3.8) is 0 Å². The molecular weight excluding hydrogens is 420 g/mol. The highest BCUT2D eigenvalue weighted by atomic mass is 16.5. The van der Waals surface area contributed by atoms with Crippen molar-refractivity contribution in [2.24, 2.45) is 11.8 Å². The summed E-state index contributed by atoms with van der Waals surface area (Å²) in [6.07, 6.45) is 4.68.